The van der Waals surface area contributed by atoms with E-state index in [0.717, 1.165) is 0 Å². The number of aromatic amines is 1. The minimum atomic E-state index is -0.341. The van der Waals surface area contributed by atoms with Crippen molar-refractivity contribution in [3.63, 3.8) is 0 Å². The van der Waals surface area contributed by atoms with Crippen LogP contribution in [0, 0.1) is 5.82 Å². The molecule has 0 spiro atoms. The predicted molar refractivity (Wildman–Crippen MR) is 77.4 cm³/mol. The minimum absolute atomic E-state index is 0.172. The lowest BCUT2D eigenvalue weighted by Gasteiger charge is -2.16. The van der Waals surface area contributed by atoms with E-state index in [0.29, 0.717) is 22.2 Å². The Morgan fingerprint density at radius 1 is 1.10 bits per heavy atom. The minimum Gasteiger partial charge on any atom is -0.359 e. The number of amides is 1. The van der Waals surface area contributed by atoms with Crippen LogP contribution in [-0.2, 0) is 0 Å². The Balaban J connectivity index is 2.05. The zero-order valence-corrected chi connectivity index (χ0v) is 10.9. The summed E-state index contributed by atoms with van der Waals surface area (Å²) in [6.07, 6.45) is 1.65. The lowest BCUT2D eigenvalue weighted by molar-refractivity contribution is 0.0993. The van der Waals surface area contributed by atoms with Crippen molar-refractivity contribution < 1.29 is 9.18 Å². The van der Waals surface area contributed by atoms with Crippen LogP contribution in [0.25, 0.3) is 10.9 Å². The standard InChI is InChI=1S/C16H13FN2O/c1-19(16(20)11-6-3-2-4-7-11)14-10-18-13-9-5-8-12(17)15(13)14/h2-10,18H,1H3. The van der Waals surface area contributed by atoms with Gasteiger partial charge in [-0.05, 0) is 24.3 Å². The van der Waals surface area contributed by atoms with E-state index in [9.17, 15) is 9.18 Å². The van der Waals surface area contributed by atoms with Crippen molar-refractivity contribution in [1.29, 1.82) is 0 Å². The van der Waals surface area contributed by atoms with Crippen molar-refractivity contribution in [2.24, 2.45) is 0 Å². The number of hydrogen-bond donors (Lipinski definition) is 1. The van der Waals surface area contributed by atoms with Gasteiger partial charge in [0, 0.05) is 18.8 Å². The highest BCUT2D eigenvalue weighted by Gasteiger charge is 2.18. The van der Waals surface area contributed by atoms with Gasteiger partial charge in [0.15, 0.2) is 0 Å². The highest BCUT2D eigenvalue weighted by atomic mass is 19.1. The van der Waals surface area contributed by atoms with E-state index in [-0.39, 0.29) is 11.7 Å². The van der Waals surface area contributed by atoms with E-state index in [1.54, 1.807) is 49.6 Å². The second-order valence-electron chi connectivity index (χ2n) is 4.57. The first-order valence-corrected chi connectivity index (χ1v) is 6.27. The second kappa shape index (κ2) is 4.81. The van der Waals surface area contributed by atoms with Gasteiger partial charge in [-0.15, -0.1) is 0 Å². The Labute approximate surface area is 115 Å². The number of H-pyrrole nitrogens is 1. The zero-order chi connectivity index (χ0) is 14.1. The number of carbonyl (C=O) groups is 1. The summed E-state index contributed by atoms with van der Waals surface area (Å²) in [4.78, 5) is 16.8. The number of nitrogens with zero attached hydrogens (tertiary/aromatic N) is 1. The number of hydrogen-bond acceptors (Lipinski definition) is 1. The van der Waals surface area contributed by atoms with E-state index in [1.165, 1.54) is 11.0 Å². The van der Waals surface area contributed by atoms with Gasteiger partial charge in [0.2, 0.25) is 0 Å². The van der Waals surface area contributed by atoms with Crippen LogP contribution in [0.5, 0.6) is 0 Å². The van der Waals surface area contributed by atoms with Crippen molar-refractivity contribution in [3.8, 4) is 0 Å². The van der Waals surface area contributed by atoms with E-state index in [4.69, 9.17) is 0 Å². The summed E-state index contributed by atoms with van der Waals surface area (Å²) in [5.74, 6) is -0.513. The fourth-order valence-corrected chi connectivity index (χ4v) is 2.27. The van der Waals surface area contributed by atoms with Crippen LogP contribution < -0.4 is 4.90 Å². The molecule has 3 aromatic rings. The fraction of sp³-hybridized carbons (Fsp3) is 0.0625. The van der Waals surface area contributed by atoms with E-state index in [1.807, 2.05) is 6.07 Å². The third-order valence-electron chi connectivity index (χ3n) is 3.32. The maximum atomic E-state index is 13.9. The number of aromatic nitrogens is 1. The Kier molecular flexibility index (Phi) is 2.99. The quantitative estimate of drug-likeness (QED) is 0.757. The molecule has 100 valence electrons. The van der Waals surface area contributed by atoms with Crippen molar-refractivity contribution in [2.45, 2.75) is 0 Å². The number of rotatable bonds is 2. The van der Waals surface area contributed by atoms with E-state index in [2.05, 4.69) is 4.98 Å². The first-order chi connectivity index (χ1) is 9.68. The smallest absolute Gasteiger partial charge is 0.258 e. The topological polar surface area (TPSA) is 36.1 Å². The van der Waals surface area contributed by atoms with Crippen LogP contribution >= 0.6 is 0 Å². The Morgan fingerprint density at radius 2 is 1.85 bits per heavy atom. The Morgan fingerprint density at radius 3 is 2.60 bits per heavy atom. The maximum absolute atomic E-state index is 13.9. The summed E-state index contributed by atoms with van der Waals surface area (Å²) < 4.78 is 13.9. The molecule has 0 saturated heterocycles. The molecule has 3 nitrogen and oxygen atoms in total. The van der Waals surface area contributed by atoms with Gasteiger partial charge in [-0.25, -0.2) is 4.39 Å². The molecule has 0 atom stereocenters. The summed E-state index contributed by atoms with van der Waals surface area (Å²) >= 11 is 0. The van der Waals surface area contributed by atoms with Gasteiger partial charge < -0.3 is 9.88 Å². The molecule has 3 rings (SSSR count). The van der Waals surface area contributed by atoms with Crippen molar-refractivity contribution in [3.05, 3.63) is 66.1 Å². The summed E-state index contributed by atoms with van der Waals surface area (Å²) in [6.45, 7) is 0. The SMILES string of the molecule is CN(C(=O)c1ccccc1)c1c[nH]c2cccc(F)c12. The first-order valence-electron chi connectivity index (χ1n) is 6.27. The molecule has 0 aliphatic rings. The van der Waals surface area contributed by atoms with Gasteiger partial charge in [0.05, 0.1) is 16.6 Å². The number of nitrogens with one attached hydrogen (secondary N) is 1. The molecule has 0 saturated carbocycles. The zero-order valence-electron chi connectivity index (χ0n) is 10.9. The average molecular weight is 268 g/mol. The highest BCUT2D eigenvalue weighted by molar-refractivity contribution is 6.10. The third kappa shape index (κ3) is 1.95. The fourth-order valence-electron chi connectivity index (χ4n) is 2.27. The molecule has 1 N–H and O–H groups in total. The van der Waals surface area contributed by atoms with Gasteiger partial charge in [0.25, 0.3) is 5.91 Å². The molecule has 1 amide bonds. The largest absolute Gasteiger partial charge is 0.359 e. The summed E-state index contributed by atoms with van der Waals surface area (Å²) in [6, 6.07) is 13.7. The normalized spacial score (nSPS) is 10.7. The molecular weight excluding hydrogens is 255 g/mol. The van der Waals surface area contributed by atoms with Crippen LogP contribution in [0.2, 0.25) is 0 Å². The molecule has 4 heteroatoms. The highest BCUT2D eigenvalue weighted by Crippen LogP contribution is 2.29. The molecule has 0 radical (unpaired) electrons. The van der Waals surface area contributed by atoms with Gasteiger partial charge in [-0.2, -0.15) is 0 Å². The number of benzene rings is 2. The van der Waals surface area contributed by atoms with Crippen LogP contribution in [-0.4, -0.2) is 17.9 Å². The molecule has 0 bridgehead atoms. The first kappa shape index (κ1) is 12.4. The molecule has 1 aromatic heterocycles. The van der Waals surface area contributed by atoms with Crippen LogP contribution in [0.15, 0.2) is 54.7 Å². The van der Waals surface area contributed by atoms with E-state index >= 15 is 0 Å². The second-order valence-corrected chi connectivity index (χ2v) is 4.57. The summed E-state index contributed by atoms with van der Waals surface area (Å²) in [7, 11) is 1.64. The molecule has 0 aliphatic heterocycles. The maximum Gasteiger partial charge on any atom is 0.258 e. The van der Waals surface area contributed by atoms with E-state index < -0.39 is 0 Å². The number of anilines is 1. The number of halogens is 1. The van der Waals surface area contributed by atoms with Gasteiger partial charge >= 0.3 is 0 Å². The average Bonchev–Trinajstić information content (AvgIpc) is 2.92. The van der Waals surface area contributed by atoms with Gasteiger partial charge in [-0.1, -0.05) is 24.3 Å². The predicted octanol–water partition coefficient (Wildman–Crippen LogP) is 3.58. The molecule has 0 fully saturated rings. The Hall–Kier alpha value is -2.62. The third-order valence-corrected chi connectivity index (χ3v) is 3.32. The Bertz CT molecular complexity index is 765. The van der Waals surface area contributed by atoms with Crippen LogP contribution in [0.1, 0.15) is 10.4 Å². The monoisotopic (exact) mass is 268 g/mol. The number of carbonyl (C=O) groups excluding carboxylic acids is 1. The van der Waals surface area contributed by atoms with Gasteiger partial charge in [0.1, 0.15) is 5.82 Å². The molecule has 2 aromatic carbocycles. The molecule has 0 unspecified atom stereocenters. The van der Waals surface area contributed by atoms with Crippen molar-refractivity contribution in [1.82, 2.24) is 4.98 Å². The molecule has 1 heterocycles. The molecular formula is C16H13FN2O. The molecule has 0 aliphatic carbocycles. The lowest BCUT2D eigenvalue weighted by Crippen LogP contribution is -2.26. The molecule has 20 heavy (non-hydrogen) atoms. The lowest BCUT2D eigenvalue weighted by atomic mass is 10.1. The van der Waals surface area contributed by atoms with Crippen molar-refractivity contribution in [2.75, 3.05) is 11.9 Å². The summed E-state index contributed by atoms with van der Waals surface area (Å²) in [5, 5.41) is 0.430. The van der Waals surface area contributed by atoms with Crippen LogP contribution in [0.4, 0.5) is 10.1 Å². The summed E-state index contributed by atoms with van der Waals surface area (Å²) in [5.41, 5.74) is 1.78. The van der Waals surface area contributed by atoms with Crippen molar-refractivity contribution >= 4 is 22.5 Å². The van der Waals surface area contributed by atoms with Crippen LogP contribution in [0.3, 0.4) is 0 Å². The number of fused-ring (bicyclic) bond motifs is 1. The van der Waals surface area contributed by atoms with Gasteiger partial charge in [-0.3, -0.25) is 4.79 Å².